The number of hydrogen-bond acceptors (Lipinski definition) is 5. The summed E-state index contributed by atoms with van der Waals surface area (Å²) in [5.41, 5.74) is 1.03. The van der Waals surface area contributed by atoms with Crippen LogP contribution in [0.25, 0.3) is 0 Å². The number of aromatic hydroxyl groups is 1. The predicted molar refractivity (Wildman–Crippen MR) is 90.5 cm³/mol. The molecule has 0 aliphatic carbocycles. The van der Waals surface area contributed by atoms with Gasteiger partial charge < -0.3 is 5.11 Å². The van der Waals surface area contributed by atoms with Crippen LogP contribution in [0.1, 0.15) is 12.5 Å². The molecule has 0 spiro atoms. The first-order chi connectivity index (χ1) is 10.8. The van der Waals surface area contributed by atoms with E-state index in [1.165, 1.54) is 36.5 Å². The van der Waals surface area contributed by atoms with E-state index in [4.69, 9.17) is 0 Å². The van der Waals surface area contributed by atoms with Gasteiger partial charge in [-0.3, -0.25) is 9.79 Å². The van der Waals surface area contributed by atoms with Gasteiger partial charge in [0.25, 0.3) is 10.0 Å². The Morgan fingerprint density at radius 2 is 1.87 bits per heavy atom. The summed E-state index contributed by atoms with van der Waals surface area (Å²) in [6.45, 7) is 1.13. The summed E-state index contributed by atoms with van der Waals surface area (Å²) in [5, 5.41) is 9.72. The number of rotatable bonds is 4. The minimum Gasteiger partial charge on any atom is -0.507 e. The van der Waals surface area contributed by atoms with Crippen LogP contribution in [-0.4, -0.2) is 25.6 Å². The van der Waals surface area contributed by atoms with E-state index in [-0.39, 0.29) is 10.6 Å². The Labute approximate surface area is 142 Å². The molecule has 0 aliphatic rings. The van der Waals surface area contributed by atoms with Crippen LogP contribution in [0.4, 0.5) is 5.69 Å². The van der Waals surface area contributed by atoms with Crippen molar-refractivity contribution < 1.29 is 18.3 Å². The molecule has 0 saturated carbocycles. The summed E-state index contributed by atoms with van der Waals surface area (Å²) in [6, 6.07) is 10.6. The fraction of sp³-hybridized carbons (Fsp3) is 0.0667. The molecular weight excluding hydrogens is 384 g/mol. The molecule has 0 heterocycles. The van der Waals surface area contributed by atoms with Gasteiger partial charge in [0.05, 0.1) is 10.6 Å². The third-order valence-corrected chi connectivity index (χ3v) is 4.71. The lowest BCUT2D eigenvalue weighted by atomic mass is 10.2. The summed E-state index contributed by atoms with van der Waals surface area (Å²) in [4.78, 5) is 15.0. The smallest absolute Gasteiger partial charge is 0.264 e. The second kappa shape index (κ2) is 6.93. The third-order valence-electron chi connectivity index (χ3n) is 2.77. The Balaban J connectivity index is 2.22. The number of carbonyl (C=O) groups excluding carboxylic acids is 1. The fourth-order valence-electron chi connectivity index (χ4n) is 1.73. The lowest BCUT2D eigenvalue weighted by molar-refractivity contribution is -0.117. The van der Waals surface area contributed by atoms with Crippen LogP contribution >= 0.6 is 15.9 Å². The number of phenolic OH excluding ortho intramolecular Hbond substituents is 1. The van der Waals surface area contributed by atoms with Gasteiger partial charge in [-0.2, -0.15) is 0 Å². The van der Waals surface area contributed by atoms with E-state index in [9.17, 15) is 18.3 Å². The Morgan fingerprint density at radius 3 is 2.48 bits per heavy atom. The number of aliphatic imine (C=N–C) groups is 1. The summed E-state index contributed by atoms with van der Waals surface area (Å²) in [7, 11) is -3.85. The zero-order valence-corrected chi connectivity index (χ0v) is 14.4. The van der Waals surface area contributed by atoms with Crippen LogP contribution in [-0.2, 0) is 14.8 Å². The highest BCUT2D eigenvalue weighted by molar-refractivity contribution is 9.10. The second-order valence-corrected chi connectivity index (χ2v) is 7.22. The zero-order chi connectivity index (χ0) is 17.0. The van der Waals surface area contributed by atoms with Gasteiger partial charge in [0, 0.05) is 23.2 Å². The van der Waals surface area contributed by atoms with E-state index >= 15 is 0 Å². The Bertz CT molecular complexity index is 862. The lowest BCUT2D eigenvalue weighted by Gasteiger charge is -2.04. The van der Waals surface area contributed by atoms with Crippen molar-refractivity contribution in [2.75, 3.05) is 0 Å². The van der Waals surface area contributed by atoms with Crippen molar-refractivity contribution >= 4 is 43.8 Å². The second-order valence-electron chi connectivity index (χ2n) is 4.62. The Morgan fingerprint density at radius 1 is 1.22 bits per heavy atom. The molecule has 0 bridgehead atoms. The SMILES string of the molecule is CC(=O)NS(=O)(=O)c1ccc(N=Cc2cc(Br)ccc2O)cc1. The van der Waals surface area contributed by atoms with Crippen LogP contribution in [0, 0.1) is 0 Å². The summed E-state index contributed by atoms with van der Waals surface area (Å²) >= 11 is 3.30. The van der Waals surface area contributed by atoms with Gasteiger partial charge in [0.2, 0.25) is 5.91 Å². The first-order valence-electron chi connectivity index (χ1n) is 6.44. The van der Waals surface area contributed by atoms with E-state index in [1.54, 1.807) is 12.1 Å². The van der Waals surface area contributed by atoms with Crippen molar-refractivity contribution in [3.8, 4) is 5.75 Å². The first kappa shape index (κ1) is 17.2. The maximum Gasteiger partial charge on any atom is 0.264 e. The van der Waals surface area contributed by atoms with Crippen LogP contribution in [0.15, 0.2) is 56.8 Å². The monoisotopic (exact) mass is 396 g/mol. The third kappa shape index (κ3) is 4.64. The number of phenols is 1. The molecule has 2 rings (SSSR count). The van der Waals surface area contributed by atoms with Crippen molar-refractivity contribution in [1.82, 2.24) is 4.72 Å². The van der Waals surface area contributed by atoms with Gasteiger partial charge in [0.1, 0.15) is 5.75 Å². The molecule has 2 aromatic carbocycles. The average molecular weight is 397 g/mol. The summed E-state index contributed by atoms with van der Waals surface area (Å²) in [5.74, 6) is -0.570. The predicted octanol–water partition coefficient (Wildman–Crippen LogP) is 2.73. The molecule has 23 heavy (non-hydrogen) atoms. The molecule has 0 aliphatic heterocycles. The molecule has 0 saturated heterocycles. The molecular formula is C15H13BrN2O4S. The minimum atomic E-state index is -3.85. The molecule has 2 N–H and O–H groups in total. The average Bonchev–Trinajstić information content (AvgIpc) is 2.47. The Kier molecular flexibility index (Phi) is 5.17. The molecule has 0 aromatic heterocycles. The number of nitrogens with zero attached hydrogens (tertiary/aromatic N) is 1. The summed E-state index contributed by atoms with van der Waals surface area (Å²) in [6.07, 6.45) is 1.47. The number of hydrogen-bond donors (Lipinski definition) is 2. The zero-order valence-electron chi connectivity index (χ0n) is 12.0. The van der Waals surface area contributed by atoms with Gasteiger partial charge in [0.15, 0.2) is 0 Å². The fourth-order valence-corrected chi connectivity index (χ4v) is 3.10. The van der Waals surface area contributed by atoms with E-state index in [0.717, 1.165) is 11.4 Å². The maximum atomic E-state index is 11.8. The van der Waals surface area contributed by atoms with E-state index in [2.05, 4.69) is 20.9 Å². The molecule has 0 radical (unpaired) electrons. The minimum absolute atomic E-state index is 0.0306. The number of halogens is 1. The molecule has 6 nitrogen and oxygen atoms in total. The molecule has 0 fully saturated rings. The quantitative estimate of drug-likeness (QED) is 0.776. The molecule has 120 valence electrons. The lowest BCUT2D eigenvalue weighted by Crippen LogP contribution is -2.28. The number of benzene rings is 2. The maximum absolute atomic E-state index is 11.8. The standard InChI is InChI=1S/C15H13BrN2O4S/c1-10(19)18-23(21,22)14-5-3-13(4-6-14)17-9-11-8-12(16)2-7-15(11)20/h2-9,20H,1H3,(H,18,19). The largest absolute Gasteiger partial charge is 0.507 e. The van der Waals surface area contributed by atoms with Crippen LogP contribution in [0.5, 0.6) is 5.75 Å². The number of sulfonamides is 1. The van der Waals surface area contributed by atoms with Crippen molar-refractivity contribution in [3.63, 3.8) is 0 Å². The van der Waals surface area contributed by atoms with E-state index in [1.807, 2.05) is 4.72 Å². The normalized spacial score (nSPS) is 11.6. The van der Waals surface area contributed by atoms with Crippen molar-refractivity contribution in [2.45, 2.75) is 11.8 Å². The van der Waals surface area contributed by atoms with E-state index in [0.29, 0.717) is 11.3 Å². The first-order valence-corrected chi connectivity index (χ1v) is 8.71. The van der Waals surface area contributed by atoms with Gasteiger partial charge in [-0.05, 0) is 42.5 Å². The highest BCUT2D eigenvalue weighted by Gasteiger charge is 2.14. The van der Waals surface area contributed by atoms with Gasteiger partial charge >= 0.3 is 0 Å². The molecule has 0 unspecified atom stereocenters. The van der Waals surface area contributed by atoms with Crippen molar-refractivity contribution in [1.29, 1.82) is 0 Å². The van der Waals surface area contributed by atoms with Gasteiger partial charge in [-0.15, -0.1) is 0 Å². The highest BCUT2D eigenvalue weighted by Crippen LogP contribution is 2.22. The molecule has 2 aromatic rings. The highest BCUT2D eigenvalue weighted by atomic mass is 79.9. The topological polar surface area (TPSA) is 95.8 Å². The Hall–Kier alpha value is -2.19. The molecule has 0 atom stereocenters. The van der Waals surface area contributed by atoms with Crippen LogP contribution in [0.3, 0.4) is 0 Å². The number of amides is 1. The molecule has 8 heteroatoms. The summed E-state index contributed by atoms with van der Waals surface area (Å²) < 4.78 is 26.3. The van der Waals surface area contributed by atoms with Crippen molar-refractivity contribution in [3.05, 3.63) is 52.5 Å². The van der Waals surface area contributed by atoms with Gasteiger partial charge in [-0.1, -0.05) is 15.9 Å². The van der Waals surface area contributed by atoms with Gasteiger partial charge in [-0.25, -0.2) is 13.1 Å². The number of carbonyl (C=O) groups is 1. The van der Waals surface area contributed by atoms with Crippen LogP contribution in [0.2, 0.25) is 0 Å². The van der Waals surface area contributed by atoms with Crippen LogP contribution < -0.4 is 4.72 Å². The van der Waals surface area contributed by atoms with Crippen molar-refractivity contribution in [2.24, 2.45) is 4.99 Å². The number of nitrogens with one attached hydrogen (secondary N) is 1. The van der Waals surface area contributed by atoms with E-state index < -0.39 is 15.9 Å². The molecule has 1 amide bonds.